The van der Waals surface area contributed by atoms with Gasteiger partial charge in [-0.15, -0.1) is 0 Å². The summed E-state index contributed by atoms with van der Waals surface area (Å²) >= 11 is 0. The fourth-order valence-electron chi connectivity index (χ4n) is 1.75. The van der Waals surface area contributed by atoms with E-state index in [-0.39, 0.29) is 0 Å². The molecule has 0 amide bonds. The third-order valence-electron chi connectivity index (χ3n) is 2.62. The van der Waals surface area contributed by atoms with E-state index in [9.17, 15) is 0 Å². The zero-order valence-corrected chi connectivity index (χ0v) is 9.22. The van der Waals surface area contributed by atoms with Crippen molar-refractivity contribution in [2.45, 2.75) is 46.5 Å². The number of hydrogen-bond donors (Lipinski definition) is 0. The Balaban J connectivity index is 3.08. The minimum Gasteiger partial charge on any atom is -0.0613 e. The second-order valence-electron chi connectivity index (χ2n) is 3.89. The Morgan fingerprint density at radius 2 is 1.77 bits per heavy atom. The topological polar surface area (TPSA) is 0 Å². The first-order valence-electron chi connectivity index (χ1n) is 5.30. The fourth-order valence-corrected chi connectivity index (χ4v) is 1.75. The minimum absolute atomic E-state index is 0.654. The van der Waals surface area contributed by atoms with E-state index < -0.39 is 0 Å². The van der Waals surface area contributed by atoms with Crippen molar-refractivity contribution in [1.82, 2.24) is 0 Å². The molecule has 1 aromatic rings. The number of aryl methyl sites for hydroxylation is 2. The molecule has 0 aliphatic carbocycles. The number of benzene rings is 1. The molecule has 0 aliphatic heterocycles. The molecule has 0 N–H and O–H groups in total. The quantitative estimate of drug-likeness (QED) is 0.654. The molecule has 0 heterocycles. The molecule has 0 saturated carbocycles. The summed E-state index contributed by atoms with van der Waals surface area (Å²) in [6.45, 7) is 8.98. The van der Waals surface area contributed by atoms with Crippen molar-refractivity contribution in [3.05, 3.63) is 34.9 Å². The van der Waals surface area contributed by atoms with Crippen molar-refractivity contribution in [2.24, 2.45) is 0 Å². The molecule has 72 valence electrons. The Morgan fingerprint density at radius 1 is 1.08 bits per heavy atom. The Morgan fingerprint density at radius 3 is 2.23 bits per heavy atom. The van der Waals surface area contributed by atoms with Gasteiger partial charge in [-0.2, -0.15) is 0 Å². The minimum atomic E-state index is 0.654. The van der Waals surface area contributed by atoms with Crippen LogP contribution in [0, 0.1) is 0 Å². The van der Waals surface area contributed by atoms with Crippen LogP contribution in [0.5, 0.6) is 0 Å². The molecule has 0 radical (unpaired) electrons. The molecular formula is C13H20. The third-order valence-corrected chi connectivity index (χ3v) is 2.62. The van der Waals surface area contributed by atoms with Gasteiger partial charge in [-0.1, -0.05) is 45.9 Å². The number of hydrogen-bond acceptors (Lipinski definition) is 0. The predicted molar refractivity (Wildman–Crippen MR) is 59.3 cm³/mol. The van der Waals surface area contributed by atoms with Crippen molar-refractivity contribution in [3.63, 3.8) is 0 Å². The Labute approximate surface area is 82.0 Å². The maximum Gasteiger partial charge on any atom is -0.0216 e. The van der Waals surface area contributed by atoms with Gasteiger partial charge in [0.15, 0.2) is 0 Å². The van der Waals surface area contributed by atoms with Crippen LogP contribution in [0.25, 0.3) is 0 Å². The van der Waals surface area contributed by atoms with Crippen LogP contribution in [0.15, 0.2) is 18.2 Å². The molecule has 0 atom stereocenters. The van der Waals surface area contributed by atoms with E-state index in [2.05, 4.69) is 45.9 Å². The van der Waals surface area contributed by atoms with Gasteiger partial charge < -0.3 is 0 Å². The highest BCUT2D eigenvalue weighted by Gasteiger charge is 2.04. The monoisotopic (exact) mass is 176 g/mol. The first kappa shape index (κ1) is 10.3. The normalized spacial score (nSPS) is 10.8. The van der Waals surface area contributed by atoms with Crippen LogP contribution in [0.4, 0.5) is 0 Å². The van der Waals surface area contributed by atoms with E-state index >= 15 is 0 Å². The largest absolute Gasteiger partial charge is 0.0613 e. The highest BCUT2D eigenvalue weighted by molar-refractivity contribution is 5.34. The maximum absolute atomic E-state index is 2.36. The van der Waals surface area contributed by atoms with Crippen LogP contribution in [-0.2, 0) is 12.8 Å². The van der Waals surface area contributed by atoms with Gasteiger partial charge in [0.1, 0.15) is 0 Å². The lowest BCUT2D eigenvalue weighted by Crippen LogP contribution is -1.96. The molecule has 0 spiro atoms. The number of rotatable bonds is 3. The highest BCUT2D eigenvalue weighted by atomic mass is 14.1. The predicted octanol–water partition coefficient (Wildman–Crippen LogP) is 3.93. The maximum atomic E-state index is 2.36. The lowest BCUT2D eigenvalue weighted by atomic mass is 9.93. The Bertz CT molecular complexity index is 271. The molecule has 0 saturated heterocycles. The lowest BCUT2D eigenvalue weighted by Gasteiger charge is -2.12. The summed E-state index contributed by atoms with van der Waals surface area (Å²) in [5.41, 5.74) is 4.50. The summed E-state index contributed by atoms with van der Waals surface area (Å²) in [5, 5.41) is 0. The lowest BCUT2D eigenvalue weighted by molar-refractivity contribution is 0.841. The van der Waals surface area contributed by atoms with E-state index in [1.165, 1.54) is 16.7 Å². The molecular weight excluding hydrogens is 156 g/mol. The van der Waals surface area contributed by atoms with Crippen LogP contribution >= 0.6 is 0 Å². The molecule has 0 heteroatoms. The molecule has 0 nitrogen and oxygen atoms in total. The summed E-state index contributed by atoms with van der Waals surface area (Å²) in [4.78, 5) is 0. The second-order valence-corrected chi connectivity index (χ2v) is 3.89. The van der Waals surface area contributed by atoms with E-state index in [0.29, 0.717) is 5.92 Å². The average Bonchev–Trinajstić information content (AvgIpc) is 2.16. The van der Waals surface area contributed by atoms with Gasteiger partial charge in [0, 0.05) is 0 Å². The van der Waals surface area contributed by atoms with Crippen LogP contribution in [0.3, 0.4) is 0 Å². The van der Waals surface area contributed by atoms with Crippen molar-refractivity contribution in [1.29, 1.82) is 0 Å². The van der Waals surface area contributed by atoms with Crippen molar-refractivity contribution < 1.29 is 0 Å². The Kier molecular flexibility index (Phi) is 3.53. The molecule has 0 aromatic heterocycles. The van der Waals surface area contributed by atoms with Crippen molar-refractivity contribution in [3.8, 4) is 0 Å². The summed E-state index contributed by atoms with van der Waals surface area (Å²) in [6.07, 6.45) is 2.30. The zero-order valence-electron chi connectivity index (χ0n) is 9.22. The van der Waals surface area contributed by atoms with E-state index in [4.69, 9.17) is 0 Å². The molecule has 0 fully saturated rings. The molecule has 0 aliphatic rings. The average molecular weight is 176 g/mol. The van der Waals surface area contributed by atoms with Gasteiger partial charge in [0.2, 0.25) is 0 Å². The SMILES string of the molecule is CCc1ccc(C(C)C)c(CC)c1. The summed E-state index contributed by atoms with van der Waals surface area (Å²) in [5.74, 6) is 0.654. The van der Waals surface area contributed by atoms with Crippen molar-refractivity contribution in [2.75, 3.05) is 0 Å². The highest BCUT2D eigenvalue weighted by Crippen LogP contribution is 2.21. The van der Waals surface area contributed by atoms with Gasteiger partial charge in [0.05, 0.1) is 0 Å². The van der Waals surface area contributed by atoms with Gasteiger partial charge >= 0.3 is 0 Å². The molecule has 0 unspecified atom stereocenters. The van der Waals surface area contributed by atoms with Crippen molar-refractivity contribution >= 4 is 0 Å². The summed E-state index contributed by atoms with van der Waals surface area (Å²) < 4.78 is 0. The second kappa shape index (κ2) is 4.45. The van der Waals surface area contributed by atoms with Gasteiger partial charge in [-0.05, 0) is 35.4 Å². The first-order valence-corrected chi connectivity index (χ1v) is 5.30. The standard InChI is InChI=1S/C13H20/c1-5-11-7-8-13(10(3)4)12(6-2)9-11/h7-10H,5-6H2,1-4H3. The van der Waals surface area contributed by atoms with Gasteiger partial charge in [-0.25, -0.2) is 0 Å². The molecule has 0 bridgehead atoms. The summed E-state index contributed by atoms with van der Waals surface area (Å²) in [6, 6.07) is 6.91. The molecule has 13 heavy (non-hydrogen) atoms. The van der Waals surface area contributed by atoms with Crippen LogP contribution in [0.2, 0.25) is 0 Å². The Hall–Kier alpha value is -0.780. The van der Waals surface area contributed by atoms with Gasteiger partial charge in [0.25, 0.3) is 0 Å². The smallest absolute Gasteiger partial charge is 0.0216 e. The zero-order chi connectivity index (χ0) is 9.84. The molecule has 1 aromatic carbocycles. The van der Waals surface area contributed by atoms with Crippen LogP contribution < -0.4 is 0 Å². The van der Waals surface area contributed by atoms with E-state index in [0.717, 1.165) is 12.8 Å². The van der Waals surface area contributed by atoms with Crippen LogP contribution in [-0.4, -0.2) is 0 Å². The van der Waals surface area contributed by atoms with E-state index in [1.54, 1.807) is 0 Å². The summed E-state index contributed by atoms with van der Waals surface area (Å²) in [7, 11) is 0. The third kappa shape index (κ3) is 2.33. The van der Waals surface area contributed by atoms with E-state index in [1.807, 2.05) is 0 Å². The van der Waals surface area contributed by atoms with Crippen LogP contribution in [0.1, 0.15) is 50.3 Å². The fraction of sp³-hybridized carbons (Fsp3) is 0.538. The first-order chi connectivity index (χ1) is 6.19. The van der Waals surface area contributed by atoms with Gasteiger partial charge in [-0.3, -0.25) is 0 Å². The molecule has 1 rings (SSSR count).